The molecule has 0 amide bonds. The van der Waals surface area contributed by atoms with Crippen molar-refractivity contribution in [1.29, 1.82) is 5.26 Å². The summed E-state index contributed by atoms with van der Waals surface area (Å²) in [4.78, 5) is 0. The van der Waals surface area contributed by atoms with E-state index >= 15 is 0 Å². The number of hydrogen-bond acceptors (Lipinski definition) is 4. The van der Waals surface area contributed by atoms with Crippen LogP contribution in [0.2, 0.25) is 0 Å². The molecule has 5 heteroatoms. The maximum absolute atomic E-state index is 13.1. The van der Waals surface area contributed by atoms with Gasteiger partial charge in [0.1, 0.15) is 18.2 Å². The highest BCUT2D eigenvalue weighted by atomic mass is 32.2. The monoisotopic (exact) mass is 331 g/mol. The largest absolute Gasteiger partial charge is 0.489 e. The molecule has 1 heterocycles. The summed E-state index contributed by atoms with van der Waals surface area (Å²) >= 11 is 3.94. The predicted molar refractivity (Wildman–Crippen MR) is 89.5 cm³/mol. The van der Waals surface area contributed by atoms with E-state index in [-0.39, 0.29) is 6.61 Å². The van der Waals surface area contributed by atoms with Gasteiger partial charge in [-0.2, -0.15) is 5.26 Å². The number of nitriles is 1. The molecule has 2 aromatic carbocycles. The molecule has 3 rings (SSSR count). The molecule has 1 saturated heterocycles. The Labute approximate surface area is 137 Å². The van der Waals surface area contributed by atoms with Gasteiger partial charge in [-0.15, -0.1) is 23.5 Å². The van der Waals surface area contributed by atoms with Crippen molar-refractivity contribution in [3.8, 4) is 11.8 Å². The van der Waals surface area contributed by atoms with Crippen molar-refractivity contribution >= 4 is 23.5 Å². The van der Waals surface area contributed by atoms with Crippen LogP contribution in [0.1, 0.15) is 21.3 Å². The molecule has 1 aliphatic heterocycles. The van der Waals surface area contributed by atoms with Crippen LogP contribution in [0.15, 0.2) is 42.5 Å². The van der Waals surface area contributed by atoms with Crippen LogP contribution in [0, 0.1) is 17.1 Å². The summed E-state index contributed by atoms with van der Waals surface area (Å²) < 4.78 is 19.3. The van der Waals surface area contributed by atoms with Crippen LogP contribution >= 0.6 is 23.5 Å². The second-order valence-corrected chi connectivity index (χ2v) is 7.57. The van der Waals surface area contributed by atoms with Gasteiger partial charge in [-0.05, 0) is 29.8 Å². The number of benzene rings is 2. The lowest BCUT2D eigenvalue weighted by atomic mass is 10.1. The molecule has 1 fully saturated rings. The fourth-order valence-electron chi connectivity index (χ4n) is 2.21. The van der Waals surface area contributed by atoms with Crippen molar-refractivity contribution in [2.45, 2.75) is 11.2 Å². The summed E-state index contributed by atoms with van der Waals surface area (Å²) in [5.41, 5.74) is 2.31. The van der Waals surface area contributed by atoms with E-state index in [1.54, 1.807) is 6.07 Å². The Bertz CT molecular complexity index is 691. The minimum Gasteiger partial charge on any atom is -0.489 e. The van der Waals surface area contributed by atoms with E-state index < -0.39 is 5.82 Å². The minimum atomic E-state index is -0.406. The summed E-state index contributed by atoms with van der Waals surface area (Å²) in [6, 6.07) is 14.2. The number of rotatable bonds is 4. The second-order valence-electron chi connectivity index (χ2n) is 4.84. The van der Waals surface area contributed by atoms with Crippen LogP contribution in [0.4, 0.5) is 4.39 Å². The molecular weight excluding hydrogens is 317 g/mol. The van der Waals surface area contributed by atoms with E-state index in [9.17, 15) is 4.39 Å². The molecule has 0 bridgehead atoms. The van der Waals surface area contributed by atoms with Gasteiger partial charge in [0.25, 0.3) is 0 Å². The van der Waals surface area contributed by atoms with E-state index in [2.05, 4.69) is 12.1 Å². The van der Waals surface area contributed by atoms with Gasteiger partial charge in [-0.1, -0.05) is 18.2 Å². The maximum atomic E-state index is 13.1. The molecule has 0 atom stereocenters. The summed E-state index contributed by atoms with van der Waals surface area (Å²) in [5, 5.41) is 9.02. The molecule has 2 nitrogen and oxygen atoms in total. The van der Waals surface area contributed by atoms with Crippen molar-refractivity contribution in [3.63, 3.8) is 0 Å². The van der Waals surface area contributed by atoms with E-state index in [0.29, 0.717) is 15.7 Å². The van der Waals surface area contributed by atoms with Crippen LogP contribution in [0.5, 0.6) is 5.75 Å². The van der Waals surface area contributed by atoms with Crippen LogP contribution in [-0.2, 0) is 6.61 Å². The van der Waals surface area contributed by atoms with Crippen molar-refractivity contribution < 1.29 is 9.13 Å². The summed E-state index contributed by atoms with van der Waals surface area (Å²) in [7, 11) is 0. The Morgan fingerprint density at radius 2 is 1.86 bits per heavy atom. The zero-order valence-corrected chi connectivity index (χ0v) is 13.4. The molecule has 1 aliphatic rings. The number of nitrogens with zero attached hydrogens (tertiary/aromatic N) is 1. The van der Waals surface area contributed by atoms with Crippen molar-refractivity contribution in [2.24, 2.45) is 0 Å². The normalized spacial score (nSPS) is 14.7. The summed E-state index contributed by atoms with van der Waals surface area (Å²) in [6.07, 6.45) is 0. The van der Waals surface area contributed by atoms with Gasteiger partial charge in [-0.25, -0.2) is 4.39 Å². The predicted octanol–water partition coefficient (Wildman–Crippen LogP) is 4.75. The highest BCUT2D eigenvalue weighted by molar-refractivity contribution is 8.19. The quantitative estimate of drug-likeness (QED) is 0.809. The molecule has 0 aliphatic carbocycles. The lowest BCUT2D eigenvalue weighted by Crippen LogP contribution is -1.99. The van der Waals surface area contributed by atoms with Gasteiger partial charge in [0.2, 0.25) is 0 Å². The summed E-state index contributed by atoms with van der Waals surface area (Å²) in [5.74, 6) is 2.76. The smallest absolute Gasteiger partial charge is 0.124 e. The van der Waals surface area contributed by atoms with E-state index in [1.807, 2.05) is 41.7 Å². The van der Waals surface area contributed by atoms with Crippen LogP contribution in [-0.4, -0.2) is 11.5 Å². The lowest BCUT2D eigenvalue weighted by Gasteiger charge is -2.11. The molecule has 0 saturated carbocycles. The molecule has 0 N–H and O–H groups in total. The first-order valence-electron chi connectivity index (χ1n) is 6.91. The zero-order chi connectivity index (χ0) is 15.4. The van der Waals surface area contributed by atoms with E-state index in [4.69, 9.17) is 10.00 Å². The fourth-order valence-corrected chi connectivity index (χ4v) is 5.07. The molecule has 0 spiro atoms. The third-order valence-electron chi connectivity index (χ3n) is 3.36. The van der Waals surface area contributed by atoms with Crippen molar-refractivity contribution in [2.75, 3.05) is 11.5 Å². The van der Waals surface area contributed by atoms with Gasteiger partial charge < -0.3 is 4.74 Å². The van der Waals surface area contributed by atoms with Crippen LogP contribution in [0.25, 0.3) is 0 Å². The van der Waals surface area contributed by atoms with Gasteiger partial charge in [0.05, 0.1) is 16.2 Å². The molecule has 2 aromatic rings. The maximum Gasteiger partial charge on any atom is 0.124 e. The van der Waals surface area contributed by atoms with Gasteiger partial charge >= 0.3 is 0 Å². The number of thioether (sulfide) groups is 2. The highest BCUT2D eigenvalue weighted by Crippen LogP contribution is 2.45. The molecule has 112 valence electrons. The van der Waals surface area contributed by atoms with Gasteiger partial charge in [0, 0.05) is 17.1 Å². The fraction of sp³-hybridized carbons (Fsp3) is 0.235. The minimum absolute atomic E-state index is 0.259. The Hall–Kier alpha value is -1.64. The molecular formula is C17H14FNOS2. The van der Waals surface area contributed by atoms with Crippen LogP contribution in [0.3, 0.4) is 0 Å². The first kappa shape index (κ1) is 15.3. The average molecular weight is 331 g/mol. The summed E-state index contributed by atoms with van der Waals surface area (Å²) in [6.45, 7) is 0.259. The number of halogens is 1. The standard InChI is InChI=1S/C17H14FNOS2/c18-15-4-1-13(14(9-15)10-19)11-20-16-5-2-12(3-6-16)17-21-7-8-22-17/h1-6,9,17H,7-8,11H2. The third-order valence-corrected chi connectivity index (χ3v) is 6.47. The first-order valence-corrected chi connectivity index (χ1v) is 9.00. The Balaban J connectivity index is 1.65. The topological polar surface area (TPSA) is 33.0 Å². The number of ether oxygens (including phenoxy) is 1. The van der Waals surface area contributed by atoms with E-state index in [0.717, 1.165) is 5.75 Å². The van der Waals surface area contributed by atoms with Crippen molar-refractivity contribution in [3.05, 3.63) is 65.0 Å². The van der Waals surface area contributed by atoms with Gasteiger partial charge in [0.15, 0.2) is 0 Å². The van der Waals surface area contributed by atoms with Crippen molar-refractivity contribution in [1.82, 2.24) is 0 Å². The Morgan fingerprint density at radius 3 is 2.55 bits per heavy atom. The van der Waals surface area contributed by atoms with Gasteiger partial charge in [-0.3, -0.25) is 0 Å². The molecule has 0 aromatic heterocycles. The van der Waals surface area contributed by atoms with Crippen LogP contribution < -0.4 is 4.74 Å². The average Bonchev–Trinajstić information content (AvgIpc) is 3.08. The van der Waals surface area contributed by atoms with E-state index in [1.165, 1.54) is 29.2 Å². The molecule has 0 radical (unpaired) electrons. The molecule has 0 unspecified atom stereocenters. The third kappa shape index (κ3) is 3.57. The first-order chi connectivity index (χ1) is 10.8. The highest BCUT2D eigenvalue weighted by Gasteiger charge is 2.17. The SMILES string of the molecule is N#Cc1cc(F)ccc1COc1ccc(C2SCCS2)cc1. The second kappa shape index (κ2) is 7.08. The Kier molecular flexibility index (Phi) is 4.91. The zero-order valence-electron chi connectivity index (χ0n) is 11.8. The molecule has 22 heavy (non-hydrogen) atoms. The number of hydrogen-bond donors (Lipinski definition) is 0. The Morgan fingerprint density at radius 1 is 1.14 bits per heavy atom. The lowest BCUT2D eigenvalue weighted by molar-refractivity contribution is 0.305.